The molecule has 0 aromatic rings. The van der Waals surface area contributed by atoms with Gasteiger partial charge in [0.1, 0.15) is 5.92 Å². The van der Waals surface area contributed by atoms with Gasteiger partial charge in [-0.05, 0) is 38.2 Å². The first kappa shape index (κ1) is 12.7. The van der Waals surface area contributed by atoms with Crippen LogP contribution in [0.15, 0.2) is 24.3 Å². The number of ketones is 1. The molecule has 0 N–H and O–H groups in total. The standard InChI is InChI=1S/C13H18O3/c1-3-5-6-7-10-8-9-11(12(10)14)13(15)16-4-2/h3,8,11H,1,4-7,9H2,2H3. The first-order chi connectivity index (χ1) is 7.70. The number of allylic oxidation sites excluding steroid dienone is 3. The fourth-order valence-corrected chi connectivity index (χ4v) is 1.80. The maximum absolute atomic E-state index is 11.8. The molecule has 0 amide bonds. The average Bonchev–Trinajstić information content (AvgIpc) is 2.61. The lowest BCUT2D eigenvalue weighted by atomic mass is 10.0. The van der Waals surface area contributed by atoms with Gasteiger partial charge in [0.15, 0.2) is 5.78 Å². The van der Waals surface area contributed by atoms with E-state index in [1.54, 1.807) is 6.92 Å². The zero-order chi connectivity index (χ0) is 12.0. The first-order valence-electron chi connectivity index (χ1n) is 5.71. The number of unbranched alkanes of at least 4 members (excludes halogenated alkanes) is 1. The Kier molecular flexibility index (Phi) is 4.96. The smallest absolute Gasteiger partial charge is 0.317 e. The second kappa shape index (κ2) is 6.26. The number of ether oxygens (including phenoxy) is 1. The van der Waals surface area contributed by atoms with Crippen molar-refractivity contribution >= 4 is 11.8 Å². The van der Waals surface area contributed by atoms with E-state index in [-0.39, 0.29) is 11.8 Å². The molecule has 0 aromatic carbocycles. The molecule has 0 aliphatic heterocycles. The SMILES string of the molecule is C=CCCCC1=CCC(C(=O)OCC)C1=O. The number of rotatable bonds is 6. The van der Waals surface area contributed by atoms with Crippen molar-refractivity contribution in [1.82, 2.24) is 0 Å². The molecule has 1 rings (SSSR count). The van der Waals surface area contributed by atoms with Crippen LogP contribution in [0, 0.1) is 5.92 Å². The van der Waals surface area contributed by atoms with Crippen LogP contribution in [0.2, 0.25) is 0 Å². The normalized spacial score (nSPS) is 19.4. The topological polar surface area (TPSA) is 43.4 Å². The molecule has 3 heteroatoms. The van der Waals surface area contributed by atoms with Gasteiger partial charge in [-0.15, -0.1) is 6.58 Å². The van der Waals surface area contributed by atoms with Crippen LogP contribution in [0.5, 0.6) is 0 Å². The van der Waals surface area contributed by atoms with Crippen molar-refractivity contribution in [1.29, 1.82) is 0 Å². The number of carbonyl (C=O) groups is 2. The van der Waals surface area contributed by atoms with Crippen molar-refractivity contribution in [3.05, 3.63) is 24.3 Å². The molecule has 0 spiro atoms. The molecule has 0 radical (unpaired) electrons. The van der Waals surface area contributed by atoms with E-state index in [2.05, 4.69) is 6.58 Å². The van der Waals surface area contributed by atoms with Gasteiger partial charge in [-0.1, -0.05) is 12.2 Å². The maximum Gasteiger partial charge on any atom is 0.317 e. The summed E-state index contributed by atoms with van der Waals surface area (Å²) in [6.07, 6.45) is 6.75. The fraction of sp³-hybridized carbons (Fsp3) is 0.538. The van der Waals surface area contributed by atoms with Crippen molar-refractivity contribution in [3.63, 3.8) is 0 Å². The van der Waals surface area contributed by atoms with E-state index in [0.717, 1.165) is 24.8 Å². The number of hydrogen-bond acceptors (Lipinski definition) is 3. The zero-order valence-electron chi connectivity index (χ0n) is 9.70. The summed E-state index contributed by atoms with van der Waals surface area (Å²) in [5.41, 5.74) is 0.778. The van der Waals surface area contributed by atoms with E-state index < -0.39 is 5.92 Å². The predicted molar refractivity (Wildman–Crippen MR) is 61.9 cm³/mol. The monoisotopic (exact) mass is 222 g/mol. The minimum atomic E-state index is -0.585. The van der Waals surface area contributed by atoms with Crippen LogP contribution in [-0.2, 0) is 14.3 Å². The fourth-order valence-electron chi connectivity index (χ4n) is 1.80. The van der Waals surface area contributed by atoms with Gasteiger partial charge in [0.2, 0.25) is 0 Å². The van der Waals surface area contributed by atoms with Crippen molar-refractivity contribution in [2.24, 2.45) is 5.92 Å². The van der Waals surface area contributed by atoms with Gasteiger partial charge in [0.25, 0.3) is 0 Å². The number of hydrogen-bond donors (Lipinski definition) is 0. The highest BCUT2D eigenvalue weighted by Crippen LogP contribution is 2.25. The lowest BCUT2D eigenvalue weighted by molar-refractivity contribution is -0.150. The Morgan fingerprint density at radius 3 is 3.06 bits per heavy atom. The predicted octanol–water partition coefficient (Wildman–Crippen LogP) is 2.42. The van der Waals surface area contributed by atoms with Crippen LogP contribution in [-0.4, -0.2) is 18.4 Å². The highest BCUT2D eigenvalue weighted by Gasteiger charge is 2.33. The average molecular weight is 222 g/mol. The van der Waals surface area contributed by atoms with Gasteiger partial charge >= 0.3 is 5.97 Å². The lowest BCUT2D eigenvalue weighted by Crippen LogP contribution is -2.23. The molecule has 1 atom stereocenters. The molecule has 1 unspecified atom stereocenters. The number of carbonyl (C=O) groups excluding carboxylic acids is 2. The minimum Gasteiger partial charge on any atom is -0.465 e. The van der Waals surface area contributed by atoms with Crippen LogP contribution in [0.1, 0.15) is 32.6 Å². The molecule has 3 nitrogen and oxygen atoms in total. The molecular formula is C13H18O3. The largest absolute Gasteiger partial charge is 0.465 e. The molecule has 0 aromatic heterocycles. The highest BCUT2D eigenvalue weighted by atomic mass is 16.5. The lowest BCUT2D eigenvalue weighted by Gasteiger charge is -2.08. The van der Waals surface area contributed by atoms with Crippen LogP contribution >= 0.6 is 0 Å². The molecule has 16 heavy (non-hydrogen) atoms. The van der Waals surface area contributed by atoms with Crippen molar-refractivity contribution < 1.29 is 14.3 Å². The minimum absolute atomic E-state index is 0.0532. The molecule has 0 bridgehead atoms. The van der Waals surface area contributed by atoms with Crippen LogP contribution in [0.3, 0.4) is 0 Å². The summed E-state index contributed by atoms with van der Waals surface area (Å²) < 4.78 is 4.86. The van der Waals surface area contributed by atoms with E-state index in [0.29, 0.717) is 13.0 Å². The van der Waals surface area contributed by atoms with Gasteiger partial charge in [-0.25, -0.2) is 0 Å². The van der Waals surface area contributed by atoms with Crippen LogP contribution in [0.4, 0.5) is 0 Å². The van der Waals surface area contributed by atoms with Gasteiger partial charge in [-0.3, -0.25) is 9.59 Å². The molecule has 0 saturated carbocycles. The van der Waals surface area contributed by atoms with E-state index >= 15 is 0 Å². The van der Waals surface area contributed by atoms with Gasteiger partial charge in [-0.2, -0.15) is 0 Å². The zero-order valence-corrected chi connectivity index (χ0v) is 9.70. The first-order valence-corrected chi connectivity index (χ1v) is 5.71. The molecule has 0 fully saturated rings. The molecule has 0 saturated heterocycles. The molecule has 1 aliphatic carbocycles. The molecule has 88 valence electrons. The summed E-state index contributed by atoms with van der Waals surface area (Å²) in [5, 5.41) is 0. The highest BCUT2D eigenvalue weighted by molar-refractivity contribution is 6.10. The van der Waals surface area contributed by atoms with Crippen molar-refractivity contribution in [2.75, 3.05) is 6.61 Å². The Labute approximate surface area is 96.2 Å². The van der Waals surface area contributed by atoms with Gasteiger partial charge in [0, 0.05) is 0 Å². The summed E-state index contributed by atoms with van der Waals surface area (Å²) in [4.78, 5) is 23.3. The quantitative estimate of drug-likeness (QED) is 0.300. The number of esters is 1. The third-order valence-corrected chi connectivity index (χ3v) is 2.66. The van der Waals surface area contributed by atoms with E-state index in [1.165, 1.54) is 0 Å². The summed E-state index contributed by atoms with van der Waals surface area (Å²) in [7, 11) is 0. The molecule has 1 aliphatic rings. The summed E-state index contributed by atoms with van der Waals surface area (Å²) >= 11 is 0. The van der Waals surface area contributed by atoms with E-state index in [1.807, 2.05) is 12.2 Å². The third kappa shape index (κ3) is 3.05. The molecular weight excluding hydrogens is 204 g/mol. The Hall–Kier alpha value is -1.38. The van der Waals surface area contributed by atoms with Crippen LogP contribution in [0.25, 0.3) is 0 Å². The second-order valence-electron chi connectivity index (χ2n) is 3.81. The number of Topliss-reactive ketones (excluding diaryl/α,β-unsaturated/α-hetero) is 1. The maximum atomic E-state index is 11.8. The van der Waals surface area contributed by atoms with E-state index in [9.17, 15) is 9.59 Å². The Morgan fingerprint density at radius 1 is 1.69 bits per heavy atom. The summed E-state index contributed by atoms with van der Waals surface area (Å²) in [6.45, 7) is 5.71. The summed E-state index contributed by atoms with van der Waals surface area (Å²) in [5.74, 6) is -1.02. The molecule has 0 heterocycles. The summed E-state index contributed by atoms with van der Waals surface area (Å²) in [6, 6.07) is 0. The Balaban J connectivity index is 2.45. The van der Waals surface area contributed by atoms with E-state index in [4.69, 9.17) is 4.74 Å². The van der Waals surface area contributed by atoms with Crippen molar-refractivity contribution in [3.8, 4) is 0 Å². The third-order valence-electron chi connectivity index (χ3n) is 2.66. The second-order valence-corrected chi connectivity index (χ2v) is 3.81. The van der Waals surface area contributed by atoms with Gasteiger partial charge in [0.05, 0.1) is 6.61 Å². The van der Waals surface area contributed by atoms with Gasteiger partial charge < -0.3 is 4.74 Å². The Bertz CT molecular complexity index is 315. The van der Waals surface area contributed by atoms with Crippen molar-refractivity contribution in [2.45, 2.75) is 32.6 Å². The Morgan fingerprint density at radius 2 is 2.44 bits per heavy atom. The van der Waals surface area contributed by atoms with Crippen LogP contribution < -0.4 is 0 Å².